The van der Waals surface area contributed by atoms with Gasteiger partial charge in [-0.15, -0.1) is 0 Å². The summed E-state index contributed by atoms with van der Waals surface area (Å²) in [5.41, 5.74) is 0.0935. The van der Waals surface area contributed by atoms with Crippen LogP contribution in [0.2, 0.25) is 5.02 Å². The summed E-state index contributed by atoms with van der Waals surface area (Å²) in [5, 5.41) is 4.63. The minimum absolute atomic E-state index is 0.0378. The molecule has 2 rings (SSSR count). The predicted octanol–water partition coefficient (Wildman–Crippen LogP) is 4.30. The number of benzene rings is 2. The van der Waals surface area contributed by atoms with E-state index >= 15 is 0 Å². The molecule has 2 aromatic carbocycles. The maximum Gasteiger partial charge on any atom is 0.255 e. The molecule has 0 bridgehead atoms. The van der Waals surface area contributed by atoms with Gasteiger partial charge in [0.2, 0.25) is 5.91 Å². The molecule has 24 heavy (non-hydrogen) atoms. The monoisotopic (exact) mass is 350 g/mol. The smallest absolute Gasteiger partial charge is 0.255 e. The van der Waals surface area contributed by atoms with Crippen LogP contribution in [0.3, 0.4) is 0 Å². The molecule has 0 saturated carbocycles. The number of anilines is 2. The molecule has 0 fully saturated rings. The molecular formula is C17H13ClF2N2O2. The summed E-state index contributed by atoms with van der Waals surface area (Å²) in [6.07, 6.45) is 1.11. The fourth-order valence-electron chi connectivity index (χ4n) is 1.89. The summed E-state index contributed by atoms with van der Waals surface area (Å²) in [5.74, 6) is -2.99. The Hall–Kier alpha value is -2.73. The number of rotatable bonds is 4. The minimum atomic E-state index is -0.966. The van der Waals surface area contributed by atoms with Crippen molar-refractivity contribution in [1.82, 2.24) is 0 Å². The van der Waals surface area contributed by atoms with Crippen LogP contribution in [0, 0.1) is 18.6 Å². The van der Waals surface area contributed by atoms with Crippen molar-refractivity contribution in [2.45, 2.75) is 6.92 Å². The molecule has 0 aliphatic heterocycles. The second kappa shape index (κ2) is 7.23. The summed E-state index contributed by atoms with van der Waals surface area (Å²) in [7, 11) is 0. The average molecular weight is 351 g/mol. The van der Waals surface area contributed by atoms with Crippen molar-refractivity contribution in [2.75, 3.05) is 10.6 Å². The molecule has 124 valence electrons. The van der Waals surface area contributed by atoms with Gasteiger partial charge < -0.3 is 10.6 Å². The summed E-state index contributed by atoms with van der Waals surface area (Å²) in [6, 6.07) is 6.72. The lowest BCUT2D eigenvalue weighted by atomic mass is 10.1. The molecule has 0 unspecified atom stereocenters. The standard InChI is InChI=1S/C17H13ClF2N2O2/c1-3-14(23)21-11-6-4-10(5-7-11)17(24)22-16-13(19)8-12(18)9(2)15(16)20/h3-8H,1H2,2H3,(H,21,23)(H,22,24). The van der Waals surface area contributed by atoms with Crippen LogP contribution >= 0.6 is 11.6 Å². The van der Waals surface area contributed by atoms with Gasteiger partial charge >= 0.3 is 0 Å². The Morgan fingerprint density at radius 3 is 2.38 bits per heavy atom. The van der Waals surface area contributed by atoms with E-state index in [2.05, 4.69) is 17.2 Å². The predicted molar refractivity (Wildman–Crippen MR) is 89.3 cm³/mol. The van der Waals surface area contributed by atoms with Crippen LogP contribution in [-0.4, -0.2) is 11.8 Å². The first-order valence-electron chi connectivity index (χ1n) is 6.82. The molecule has 0 spiro atoms. The van der Waals surface area contributed by atoms with Gasteiger partial charge in [-0.1, -0.05) is 18.2 Å². The summed E-state index contributed by atoms with van der Waals surface area (Å²) in [4.78, 5) is 23.3. The van der Waals surface area contributed by atoms with Crippen LogP contribution in [-0.2, 0) is 4.79 Å². The molecule has 0 aliphatic carbocycles. The number of halogens is 3. The van der Waals surface area contributed by atoms with E-state index in [9.17, 15) is 18.4 Å². The number of amides is 2. The normalized spacial score (nSPS) is 10.2. The Bertz CT molecular complexity index is 820. The Labute approximate surface area is 142 Å². The highest BCUT2D eigenvalue weighted by atomic mass is 35.5. The third-order valence-corrected chi connectivity index (χ3v) is 3.63. The van der Waals surface area contributed by atoms with Gasteiger partial charge in [0.15, 0.2) is 11.6 Å². The largest absolute Gasteiger partial charge is 0.323 e. The lowest BCUT2D eigenvalue weighted by Gasteiger charge is -2.11. The zero-order chi connectivity index (χ0) is 17.9. The van der Waals surface area contributed by atoms with Gasteiger partial charge in [-0.05, 0) is 43.3 Å². The summed E-state index contributed by atoms with van der Waals surface area (Å²) in [6.45, 7) is 4.70. The Morgan fingerprint density at radius 2 is 1.79 bits per heavy atom. The number of hydrogen-bond acceptors (Lipinski definition) is 2. The van der Waals surface area contributed by atoms with Crippen LogP contribution < -0.4 is 10.6 Å². The van der Waals surface area contributed by atoms with E-state index in [0.29, 0.717) is 5.69 Å². The second-order valence-electron chi connectivity index (χ2n) is 4.88. The fourth-order valence-corrected chi connectivity index (χ4v) is 2.07. The van der Waals surface area contributed by atoms with E-state index < -0.39 is 29.1 Å². The third-order valence-electron chi connectivity index (χ3n) is 3.24. The van der Waals surface area contributed by atoms with Crippen molar-refractivity contribution in [3.63, 3.8) is 0 Å². The van der Waals surface area contributed by atoms with Crippen LogP contribution in [0.15, 0.2) is 43.0 Å². The molecule has 2 N–H and O–H groups in total. The van der Waals surface area contributed by atoms with Gasteiger partial charge in [0.05, 0.1) is 0 Å². The number of hydrogen-bond donors (Lipinski definition) is 2. The zero-order valence-electron chi connectivity index (χ0n) is 12.6. The lowest BCUT2D eigenvalue weighted by molar-refractivity contribution is -0.111. The van der Waals surface area contributed by atoms with E-state index in [1.165, 1.54) is 31.2 Å². The van der Waals surface area contributed by atoms with Crippen LogP contribution in [0.4, 0.5) is 20.2 Å². The molecule has 0 heterocycles. The van der Waals surface area contributed by atoms with Crippen molar-refractivity contribution in [3.8, 4) is 0 Å². The van der Waals surface area contributed by atoms with E-state index in [1.54, 1.807) is 0 Å². The minimum Gasteiger partial charge on any atom is -0.323 e. The third kappa shape index (κ3) is 3.78. The molecule has 4 nitrogen and oxygen atoms in total. The first kappa shape index (κ1) is 17.6. The number of carbonyl (C=O) groups excluding carboxylic acids is 2. The highest BCUT2D eigenvalue weighted by Crippen LogP contribution is 2.28. The molecule has 0 aliphatic rings. The Balaban J connectivity index is 2.20. The maximum atomic E-state index is 14.0. The second-order valence-corrected chi connectivity index (χ2v) is 5.29. The zero-order valence-corrected chi connectivity index (χ0v) is 13.4. The quantitative estimate of drug-likeness (QED) is 0.807. The van der Waals surface area contributed by atoms with Crippen LogP contribution in [0.5, 0.6) is 0 Å². The van der Waals surface area contributed by atoms with Crippen molar-refractivity contribution >= 4 is 34.8 Å². The molecular weight excluding hydrogens is 338 g/mol. The number of nitrogens with one attached hydrogen (secondary N) is 2. The molecule has 0 saturated heterocycles. The van der Waals surface area contributed by atoms with Gasteiger partial charge in [-0.3, -0.25) is 9.59 Å². The maximum absolute atomic E-state index is 14.0. The Morgan fingerprint density at radius 1 is 1.17 bits per heavy atom. The SMILES string of the molecule is C=CC(=O)Nc1ccc(C(=O)Nc2c(F)cc(Cl)c(C)c2F)cc1. The first-order chi connectivity index (χ1) is 11.3. The fraction of sp³-hybridized carbons (Fsp3) is 0.0588. The molecule has 7 heteroatoms. The summed E-state index contributed by atoms with van der Waals surface area (Å²) < 4.78 is 27.9. The first-order valence-corrected chi connectivity index (χ1v) is 7.20. The highest BCUT2D eigenvalue weighted by molar-refractivity contribution is 6.31. The van der Waals surface area contributed by atoms with E-state index in [4.69, 9.17) is 11.6 Å². The van der Waals surface area contributed by atoms with Crippen LogP contribution in [0.25, 0.3) is 0 Å². The molecule has 0 aromatic heterocycles. The topological polar surface area (TPSA) is 58.2 Å². The van der Waals surface area contributed by atoms with Gasteiger partial charge in [0.1, 0.15) is 5.69 Å². The summed E-state index contributed by atoms with van der Waals surface area (Å²) >= 11 is 5.68. The van der Waals surface area contributed by atoms with E-state index in [-0.39, 0.29) is 16.1 Å². The molecule has 0 atom stereocenters. The molecule has 2 amide bonds. The van der Waals surface area contributed by atoms with Gasteiger partial charge in [-0.2, -0.15) is 0 Å². The number of carbonyl (C=O) groups is 2. The van der Waals surface area contributed by atoms with E-state index in [1.807, 2.05) is 0 Å². The lowest BCUT2D eigenvalue weighted by Crippen LogP contribution is -2.15. The van der Waals surface area contributed by atoms with Gasteiger partial charge in [-0.25, -0.2) is 8.78 Å². The van der Waals surface area contributed by atoms with Crippen LogP contribution in [0.1, 0.15) is 15.9 Å². The van der Waals surface area contributed by atoms with Gasteiger partial charge in [0, 0.05) is 21.8 Å². The van der Waals surface area contributed by atoms with E-state index in [0.717, 1.165) is 12.1 Å². The molecule has 2 aromatic rings. The highest BCUT2D eigenvalue weighted by Gasteiger charge is 2.18. The molecule has 0 radical (unpaired) electrons. The van der Waals surface area contributed by atoms with Crippen molar-refractivity contribution in [1.29, 1.82) is 0 Å². The van der Waals surface area contributed by atoms with Gasteiger partial charge in [0.25, 0.3) is 5.91 Å². The average Bonchev–Trinajstić information content (AvgIpc) is 2.57. The van der Waals surface area contributed by atoms with Crippen molar-refractivity contribution in [2.24, 2.45) is 0 Å². The van der Waals surface area contributed by atoms with Crippen molar-refractivity contribution in [3.05, 3.63) is 70.8 Å². The van der Waals surface area contributed by atoms with Crippen molar-refractivity contribution < 1.29 is 18.4 Å². The Kier molecular flexibility index (Phi) is 5.31.